The lowest BCUT2D eigenvalue weighted by Crippen LogP contribution is -2.27. The summed E-state index contributed by atoms with van der Waals surface area (Å²) in [6, 6.07) is 11.1. The summed E-state index contributed by atoms with van der Waals surface area (Å²) in [5, 5.41) is 2.95. The maximum absolute atomic E-state index is 12.3. The van der Waals surface area contributed by atoms with E-state index >= 15 is 0 Å². The minimum Gasteiger partial charge on any atom is -0.462 e. The van der Waals surface area contributed by atoms with Crippen LogP contribution < -0.4 is 5.32 Å². The number of hydrogen-bond acceptors (Lipinski definition) is 6. The minimum absolute atomic E-state index is 0.206. The molecule has 1 amide bonds. The Morgan fingerprint density at radius 2 is 1.83 bits per heavy atom. The van der Waals surface area contributed by atoms with E-state index in [9.17, 15) is 14.4 Å². The van der Waals surface area contributed by atoms with Gasteiger partial charge in [-0.15, -0.1) is 34.5 Å². The van der Waals surface area contributed by atoms with Crippen molar-refractivity contribution in [2.45, 2.75) is 24.6 Å². The Morgan fingerprint density at radius 3 is 2.41 bits per heavy atom. The lowest BCUT2D eigenvalue weighted by Gasteiger charge is -2.11. The molecule has 0 aliphatic heterocycles. The number of esters is 2. The van der Waals surface area contributed by atoms with Gasteiger partial charge in [-0.05, 0) is 25.5 Å². The molecule has 154 valence electrons. The SMILES string of the molecule is CCOC(=O)c1cc(-c2ccccc2)sc1NC(=O)COC(=O)[C@@]1(C)CC1(Cl)Cl. The summed E-state index contributed by atoms with van der Waals surface area (Å²) in [5.74, 6) is -1.76. The molecule has 29 heavy (non-hydrogen) atoms. The summed E-state index contributed by atoms with van der Waals surface area (Å²) in [6.07, 6.45) is 0.266. The third-order valence-corrected chi connectivity index (χ3v) is 6.78. The minimum atomic E-state index is -1.17. The number of anilines is 1. The van der Waals surface area contributed by atoms with E-state index in [0.29, 0.717) is 5.00 Å². The van der Waals surface area contributed by atoms with Crippen LogP contribution in [0.15, 0.2) is 36.4 Å². The van der Waals surface area contributed by atoms with Crippen molar-refractivity contribution in [3.63, 3.8) is 0 Å². The molecule has 6 nitrogen and oxygen atoms in total. The van der Waals surface area contributed by atoms with Crippen LogP contribution in [-0.2, 0) is 19.1 Å². The molecule has 1 aliphatic carbocycles. The predicted octanol–water partition coefficient (Wildman–Crippen LogP) is 4.66. The van der Waals surface area contributed by atoms with Crippen molar-refractivity contribution in [3.05, 3.63) is 42.0 Å². The van der Waals surface area contributed by atoms with E-state index in [-0.39, 0.29) is 18.6 Å². The first-order valence-corrected chi connectivity index (χ1v) is 10.5. The first-order valence-electron chi connectivity index (χ1n) is 8.89. The van der Waals surface area contributed by atoms with Gasteiger partial charge in [-0.1, -0.05) is 30.3 Å². The van der Waals surface area contributed by atoms with Gasteiger partial charge >= 0.3 is 11.9 Å². The Kier molecular flexibility index (Phi) is 6.22. The van der Waals surface area contributed by atoms with Gasteiger partial charge in [-0.2, -0.15) is 0 Å². The number of benzene rings is 1. The van der Waals surface area contributed by atoms with Crippen LogP contribution in [0.1, 0.15) is 30.6 Å². The normalized spacial score (nSPS) is 19.3. The third kappa shape index (κ3) is 4.57. The van der Waals surface area contributed by atoms with Gasteiger partial charge in [0.25, 0.3) is 5.91 Å². The average Bonchev–Trinajstić information content (AvgIpc) is 3.02. The van der Waals surface area contributed by atoms with Crippen LogP contribution in [0.3, 0.4) is 0 Å². The van der Waals surface area contributed by atoms with E-state index in [1.165, 1.54) is 11.3 Å². The molecule has 1 fully saturated rings. The molecule has 1 aromatic heterocycles. The molecule has 1 aliphatic rings. The standard InChI is InChI=1S/C20H19Cl2NO5S/c1-3-27-17(25)13-9-14(12-7-5-4-6-8-12)29-16(13)23-15(24)10-28-18(26)19(2)11-20(19,21)22/h4-9H,3,10-11H2,1-2H3,(H,23,24)/t19-/m1/s1. The van der Waals surface area contributed by atoms with Crippen molar-refractivity contribution in [2.24, 2.45) is 5.41 Å². The van der Waals surface area contributed by atoms with E-state index in [1.54, 1.807) is 19.9 Å². The molecule has 0 radical (unpaired) electrons. The van der Waals surface area contributed by atoms with Crippen molar-refractivity contribution in [1.29, 1.82) is 0 Å². The quantitative estimate of drug-likeness (QED) is 0.484. The molecule has 1 atom stereocenters. The van der Waals surface area contributed by atoms with Gasteiger partial charge in [-0.25, -0.2) is 4.79 Å². The highest BCUT2D eigenvalue weighted by atomic mass is 35.5. The van der Waals surface area contributed by atoms with E-state index in [1.807, 2.05) is 30.3 Å². The summed E-state index contributed by atoms with van der Waals surface area (Å²) < 4.78 is 8.95. The average molecular weight is 456 g/mol. The van der Waals surface area contributed by atoms with Crippen molar-refractivity contribution in [1.82, 2.24) is 0 Å². The van der Waals surface area contributed by atoms with Crippen molar-refractivity contribution >= 4 is 57.4 Å². The molecule has 0 saturated heterocycles. The number of amides is 1. The number of hydrogen-bond donors (Lipinski definition) is 1. The monoisotopic (exact) mass is 455 g/mol. The Morgan fingerprint density at radius 1 is 1.17 bits per heavy atom. The molecule has 0 bridgehead atoms. The molecule has 9 heteroatoms. The molecular formula is C20H19Cl2NO5S. The van der Waals surface area contributed by atoms with Gasteiger partial charge in [0.15, 0.2) is 6.61 Å². The van der Waals surface area contributed by atoms with Gasteiger partial charge in [0.2, 0.25) is 0 Å². The lowest BCUT2D eigenvalue weighted by atomic mass is 10.1. The highest BCUT2D eigenvalue weighted by molar-refractivity contribution is 7.20. The number of carbonyl (C=O) groups is 3. The second kappa shape index (κ2) is 8.34. The molecule has 0 unspecified atom stereocenters. The Bertz CT molecular complexity index is 944. The highest BCUT2D eigenvalue weighted by Crippen LogP contribution is 2.64. The zero-order valence-electron chi connectivity index (χ0n) is 15.8. The first kappa shape index (κ1) is 21.6. The van der Waals surface area contributed by atoms with Gasteiger partial charge in [-0.3, -0.25) is 9.59 Å². The maximum Gasteiger partial charge on any atom is 0.341 e. The molecule has 1 saturated carbocycles. The molecule has 2 aromatic rings. The fraction of sp³-hybridized carbons (Fsp3) is 0.350. The van der Waals surface area contributed by atoms with Crippen LogP contribution in [0, 0.1) is 5.41 Å². The van der Waals surface area contributed by atoms with Crippen LogP contribution in [0.4, 0.5) is 5.00 Å². The fourth-order valence-corrected chi connectivity index (χ4v) is 4.42. The number of alkyl halides is 2. The lowest BCUT2D eigenvalue weighted by molar-refractivity contribution is -0.152. The highest BCUT2D eigenvalue weighted by Gasteiger charge is 2.69. The van der Waals surface area contributed by atoms with Gasteiger partial charge in [0.1, 0.15) is 14.7 Å². The first-order chi connectivity index (χ1) is 13.7. The summed E-state index contributed by atoms with van der Waals surface area (Å²) in [7, 11) is 0. The number of nitrogens with one attached hydrogen (secondary N) is 1. The van der Waals surface area contributed by atoms with Gasteiger partial charge in [0, 0.05) is 11.3 Å². The summed E-state index contributed by atoms with van der Waals surface area (Å²) in [6.45, 7) is 2.97. The van der Waals surface area contributed by atoms with Crippen molar-refractivity contribution in [3.8, 4) is 10.4 Å². The Balaban J connectivity index is 1.71. The summed E-state index contributed by atoms with van der Waals surface area (Å²) in [4.78, 5) is 37.5. The van der Waals surface area contributed by atoms with E-state index in [2.05, 4.69) is 5.32 Å². The van der Waals surface area contributed by atoms with Crippen LogP contribution in [0.2, 0.25) is 0 Å². The molecular weight excluding hydrogens is 437 g/mol. The van der Waals surface area contributed by atoms with E-state index in [4.69, 9.17) is 32.7 Å². The number of ether oxygens (including phenoxy) is 2. The van der Waals surface area contributed by atoms with Crippen LogP contribution in [-0.4, -0.2) is 35.4 Å². The number of rotatable bonds is 7. The van der Waals surface area contributed by atoms with Crippen LogP contribution in [0.5, 0.6) is 0 Å². The van der Waals surface area contributed by atoms with Crippen molar-refractivity contribution < 1.29 is 23.9 Å². The second-order valence-electron chi connectivity index (χ2n) is 6.78. The predicted molar refractivity (Wildman–Crippen MR) is 112 cm³/mol. The third-order valence-electron chi connectivity index (χ3n) is 4.58. The molecule has 1 aromatic carbocycles. The number of halogens is 2. The van der Waals surface area contributed by atoms with Gasteiger partial charge < -0.3 is 14.8 Å². The molecule has 1 N–H and O–H groups in total. The van der Waals surface area contributed by atoms with E-state index in [0.717, 1.165) is 10.4 Å². The van der Waals surface area contributed by atoms with Crippen LogP contribution in [0.25, 0.3) is 10.4 Å². The Hall–Kier alpha value is -2.09. The number of carbonyl (C=O) groups excluding carboxylic acids is 3. The number of thiophene rings is 1. The van der Waals surface area contributed by atoms with Gasteiger partial charge in [0.05, 0.1) is 12.2 Å². The fourth-order valence-electron chi connectivity index (χ4n) is 2.66. The zero-order valence-corrected chi connectivity index (χ0v) is 18.1. The molecule has 0 spiro atoms. The maximum atomic E-state index is 12.3. The largest absolute Gasteiger partial charge is 0.462 e. The van der Waals surface area contributed by atoms with E-state index < -0.39 is 34.2 Å². The zero-order chi connectivity index (χ0) is 21.2. The summed E-state index contributed by atoms with van der Waals surface area (Å²) in [5.41, 5.74) is 0.123. The molecule has 1 heterocycles. The Labute approximate surface area is 182 Å². The van der Waals surface area contributed by atoms with Crippen molar-refractivity contribution in [2.75, 3.05) is 18.5 Å². The topological polar surface area (TPSA) is 81.7 Å². The van der Waals surface area contributed by atoms with Crippen LogP contribution >= 0.6 is 34.5 Å². The smallest absolute Gasteiger partial charge is 0.341 e. The molecule has 3 rings (SSSR count). The second-order valence-corrected chi connectivity index (χ2v) is 9.31. The summed E-state index contributed by atoms with van der Waals surface area (Å²) >= 11 is 13.1.